The first-order valence-electron chi connectivity index (χ1n) is 7.27. The molecule has 2 aromatic carbocycles. The Hall–Kier alpha value is -1.69. The molecule has 1 saturated heterocycles. The van der Waals surface area contributed by atoms with Crippen molar-refractivity contribution in [2.45, 2.75) is 37.8 Å². The SMILES string of the molecule is Cc1ccc(S(=O)(=O)N2O[C@@H]2c2ccc(C(C)C)cc2)cc1. The van der Waals surface area contributed by atoms with Crippen molar-refractivity contribution in [1.82, 2.24) is 4.47 Å². The van der Waals surface area contributed by atoms with Crippen molar-refractivity contribution >= 4 is 10.0 Å². The highest BCUT2D eigenvalue weighted by atomic mass is 32.2. The molecule has 2 aromatic rings. The zero-order chi connectivity index (χ0) is 15.9. The summed E-state index contributed by atoms with van der Waals surface area (Å²) in [6, 6.07) is 14.6. The molecule has 116 valence electrons. The van der Waals surface area contributed by atoms with Crippen LogP contribution < -0.4 is 0 Å². The predicted octanol–water partition coefficient (Wildman–Crippen LogP) is 3.75. The molecule has 0 amide bonds. The van der Waals surface area contributed by atoms with E-state index in [1.165, 1.54) is 5.56 Å². The maximum absolute atomic E-state index is 12.5. The Kier molecular flexibility index (Phi) is 3.80. The number of hydroxylamine groups is 1. The maximum Gasteiger partial charge on any atom is 0.267 e. The minimum Gasteiger partial charge on any atom is -0.253 e. The second-order valence-electron chi connectivity index (χ2n) is 5.85. The normalized spacial score (nSPS) is 21.1. The fraction of sp³-hybridized carbons (Fsp3) is 0.294. The van der Waals surface area contributed by atoms with E-state index < -0.39 is 16.3 Å². The van der Waals surface area contributed by atoms with E-state index in [-0.39, 0.29) is 4.90 Å². The van der Waals surface area contributed by atoms with Crippen LogP contribution in [0.4, 0.5) is 0 Å². The van der Waals surface area contributed by atoms with Crippen molar-refractivity contribution in [1.29, 1.82) is 0 Å². The summed E-state index contributed by atoms with van der Waals surface area (Å²) in [6.45, 7) is 6.16. The molecular formula is C17H19NO3S. The molecule has 0 saturated carbocycles. The molecule has 2 atom stereocenters. The fourth-order valence-corrected chi connectivity index (χ4v) is 3.55. The molecule has 0 spiro atoms. The van der Waals surface area contributed by atoms with Crippen LogP contribution in [0.15, 0.2) is 53.4 Å². The number of rotatable bonds is 4. The van der Waals surface area contributed by atoms with E-state index in [1.54, 1.807) is 24.3 Å². The number of aryl methyl sites for hydroxylation is 1. The average molecular weight is 317 g/mol. The maximum atomic E-state index is 12.5. The van der Waals surface area contributed by atoms with E-state index in [9.17, 15) is 8.42 Å². The van der Waals surface area contributed by atoms with E-state index in [0.29, 0.717) is 5.92 Å². The molecule has 5 heteroatoms. The van der Waals surface area contributed by atoms with E-state index in [4.69, 9.17) is 4.84 Å². The van der Waals surface area contributed by atoms with Crippen LogP contribution in [0.3, 0.4) is 0 Å². The van der Waals surface area contributed by atoms with Crippen LogP contribution in [-0.2, 0) is 14.9 Å². The largest absolute Gasteiger partial charge is 0.267 e. The Bertz CT molecular complexity index is 765. The van der Waals surface area contributed by atoms with Gasteiger partial charge in [-0.3, -0.25) is 4.84 Å². The van der Waals surface area contributed by atoms with Gasteiger partial charge < -0.3 is 0 Å². The standard InChI is InChI=1S/C17H19NO3S/c1-12(2)14-6-8-15(9-7-14)17-18(21-17)22(19,20)16-10-4-13(3)5-11-16/h4-12,17H,1-3H3/t17-,18?/m1/s1. The Morgan fingerprint density at radius 1 is 1.00 bits per heavy atom. The minimum absolute atomic E-state index is 0.249. The minimum atomic E-state index is -3.60. The summed E-state index contributed by atoms with van der Waals surface area (Å²) in [6.07, 6.45) is -0.521. The number of nitrogens with zero attached hydrogens (tertiary/aromatic N) is 1. The van der Waals surface area contributed by atoms with Gasteiger partial charge in [0.05, 0.1) is 4.90 Å². The van der Waals surface area contributed by atoms with Gasteiger partial charge in [0.15, 0.2) is 6.23 Å². The second kappa shape index (κ2) is 5.50. The van der Waals surface area contributed by atoms with Crippen LogP contribution in [0.2, 0.25) is 0 Å². The van der Waals surface area contributed by atoms with Gasteiger partial charge in [-0.1, -0.05) is 55.8 Å². The first-order chi connectivity index (χ1) is 10.4. The Labute approximate surface area is 131 Å². The Balaban J connectivity index is 1.80. The number of benzene rings is 2. The van der Waals surface area contributed by atoms with Crippen molar-refractivity contribution in [3.8, 4) is 0 Å². The quantitative estimate of drug-likeness (QED) is 0.807. The average Bonchev–Trinajstić information content (AvgIpc) is 3.29. The van der Waals surface area contributed by atoms with Crippen LogP contribution in [-0.4, -0.2) is 12.9 Å². The summed E-state index contributed by atoms with van der Waals surface area (Å²) in [5.41, 5.74) is 3.09. The van der Waals surface area contributed by atoms with Crippen LogP contribution in [0.5, 0.6) is 0 Å². The summed E-state index contributed by atoms with van der Waals surface area (Å²) in [5.74, 6) is 0.446. The number of hydrogen-bond donors (Lipinski definition) is 0. The van der Waals surface area contributed by atoms with Crippen molar-refractivity contribution < 1.29 is 13.3 Å². The third-order valence-corrected chi connectivity index (χ3v) is 5.41. The van der Waals surface area contributed by atoms with E-state index in [0.717, 1.165) is 15.6 Å². The van der Waals surface area contributed by atoms with Crippen molar-refractivity contribution in [3.63, 3.8) is 0 Å². The summed E-state index contributed by atoms with van der Waals surface area (Å²) < 4.78 is 26.0. The van der Waals surface area contributed by atoms with Crippen molar-refractivity contribution in [2.24, 2.45) is 0 Å². The lowest BCUT2D eigenvalue weighted by atomic mass is 10.0. The highest BCUT2D eigenvalue weighted by Gasteiger charge is 2.48. The monoisotopic (exact) mass is 317 g/mol. The summed E-state index contributed by atoms with van der Waals surface area (Å²) in [7, 11) is -3.60. The van der Waals surface area contributed by atoms with Gasteiger partial charge in [-0.2, -0.15) is 0 Å². The van der Waals surface area contributed by atoms with Gasteiger partial charge in [-0.15, -0.1) is 0 Å². The zero-order valence-electron chi connectivity index (χ0n) is 12.9. The van der Waals surface area contributed by atoms with Crippen molar-refractivity contribution in [2.75, 3.05) is 0 Å². The third kappa shape index (κ3) is 2.79. The summed E-state index contributed by atoms with van der Waals surface area (Å²) >= 11 is 0. The van der Waals surface area contributed by atoms with Gasteiger partial charge >= 0.3 is 0 Å². The van der Waals surface area contributed by atoms with E-state index in [2.05, 4.69) is 13.8 Å². The van der Waals surface area contributed by atoms with E-state index >= 15 is 0 Å². The van der Waals surface area contributed by atoms with Gasteiger partial charge in [-0.05, 0) is 35.0 Å². The highest BCUT2D eigenvalue weighted by Crippen LogP contribution is 2.42. The molecule has 1 unspecified atom stereocenters. The first kappa shape index (κ1) is 15.2. The fourth-order valence-electron chi connectivity index (χ4n) is 2.30. The van der Waals surface area contributed by atoms with Crippen LogP contribution in [0.25, 0.3) is 0 Å². The smallest absolute Gasteiger partial charge is 0.253 e. The molecule has 1 aliphatic rings. The van der Waals surface area contributed by atoms with Crippen molar-refractivity contribution in [3.05, 3.63) is 65.2 Å². The zero-order valence-corrected chi connectivity index (χ0v) is 13.7. The van der Waals surface area contributed by atoms with Crippen LogP contribution in [0.1, 0.15) is 42.7 Å². The molecule has 3 rings (SSSR count). The molecule has 1 heterocycles. The topological polar surface area (TPSA) is 49.7 Å². The highest BCUT2D eigenvalue weighted by molar-refractivity contribution is 7.89. The molecule has 0 aromatic heterocycles. The molecule has 1 aliphatic heterocycles. The number of hydrogen-bond acceptors (Lipinski definition) is 3. The molecule has 0 bridgehead atoms. The molecular weight excluding hydrogens is 298 g/mol. The molecule has 1 fully saturated rings. The summed E-state index contributed by atoms with van der Waals surface area (Å²) in [4.78, 5) is 5.55. The van der Waals surface area contributed by atoms with Crippen LogP contribution >= 0.6 is 0 Å². The Morgan fingerprint density at radius 2 is 1.59 bits per heavy atom. The molecule has 0 aliphatic carbocycles. The van der Waals surface area contributed by atoms with E-state index in [1.807, 2.05) is 31.2 Å². The first-order valence-corrected chi connectivity index (χ1v) is 8.71. The molecule has 0 N–H and O–H groups in total. The van der Waals surface area contributed by atoms with Crippen LogP contribution in [0, 0.1) is 6.92 Å². The summed E-state index contributed by atoms with van der Waals surface area (Å²) in [5, 5.41) is 0. The lowest BCUT2D eigenvalue weighted by Gasteiger charge is -2.06. The molecule has 0 radical (unpaired) electrons. The van der Waals surface area contributed by atoms with Gasteiger partial charge in [0.1, 0.15) is 0 Å². The lowest BCUT2D eigenvalue weighted by molar-refractivity contribution is 0.283. The van der Waals surface area contributed by atoms with Gasteiger partial charge in [0.2, 0.25) is 0 Å². The number of sulfonamides is 1. The Morgan fingerprint density at radius 3 is 2.14 bits per heavy atom. The van der Waals surface area contributed by atoms with Gasteiger partial charge in [-0.25, -0.2) is 8.42 Å². The molecule has 22 heavy (non-hydrogen) atoms. The second-order valence-corrected chi connectivity index (χ2v) is 7.63. The lowest BCUT2D eigenvalue weighted by Crippen LogP contribution is -2.12. The predicted molar refractivity (Wildman–Crippen MR) is 84.6 cm³/mol. The van der Waals surface area contributed by atoms with Gasteiger partial charge in [0.25, 0.3) is 10.0 Å². The van der Waals surface area contributed by atoms with Gasteiger partial charge in [0, 0.05) is 5.56 Å². The third-order valence-electron chi connectivity index (χ3n) is 3.79. The molecule has 4 nitrogen and oxygen atoms in total.